The molecule has 0 aliphatic heterocycles. The highest BCUT2D eigenvalue weighted by Crippen LogP contribution is 2.27. The Labute approximate surface area is 115 Å². The molecule has 0 radical (unpaired) electrons. The largest absolute Gasteiger partial charge is 0.478 e. The Morgan fingerprint density at radius 3 is 2.33 bits per heavy atom. The SMILES string of the molecule is CCC(CC)S(=O)(=O)c1cc(Br)ccc1C(=O)O. The molecule has 0 spiro atoms. The van der Waals surface area contributed by atoms with Crippen molar-refractivity contribution in [1.29, 1.82) is 0 Å². The number of aromatic carboxylic acids is 1. The van der Waals surface area contributed by atoms with E-state index in [1.807, 2.05) is 0 Å². The lowest BCUT2D eigenvalue weighted by Gasteiger charge is -2.15. The number of hydrogen-bond donors (Lipinski definition) is 1. The van der Waals surface area contributed by atoms with Crippen LogP contribution in [-0.2, 0) is 9.84 Å². The van der Waals surface area contributed by atoms with Gasteiger partial charge in [-0.05, 0) is 31.0 Å². The molecule has 0 heterocycles. The van der Waals surface area contributed by atoms with E-state index in [2.05, 4.69) is 15.9 Å². The molecule has 0 bridgehead atoms. The quantitative estimate of drug-likeness (QED) is 0.897. The fraction of sp³-hybridized carbons (Fsp3) is 0.417. The molecule has 6 heteroatoms. The lowest BCUT2D eigenvalue weighted by molar-refractivity contribution is 0.0692. The third kappa shape index (κ3) is 2.92. The topological polar surface area (TPSA) is 71.4 Å². The number of carbonyl (C=O) groups is 1. The molecule has 1 aromatic rings. The van der Waals surface area contributed by atoms with Gasteiger partial charge in [0.2, 0.25) is 0 Å². The number of sulfone groups is 1. The normalized spacial score (nSPS) is 11.8. The van der Waals surface area contributed by atoms with E-state index in [4.69, 9.17) is 5.11 Å². The molecule has 0 aliphatic carbocycles. The van der Waals surface area contributed by atoms with Crippen molar-refractivity contribution >= 4 is 31.7 Å². The van der Waals surface area contributed by atoms with E-state index in [1.54, 1.807) is 13.8 Å². The molecule has 1 rings (SSSR count). The van der Waals surface area contributed by atoms with E-state index in [-0.39, 0.29) is 10.5 Å². The van der Waals surface area contributed by atoms with Crippen molar-refractivity contribution in [3.8, 4) is 0 Å². The summed E-state index contributed by atoms with van der Waals surface area (Å²) in [5.74, 6) is -1.23. The molecule has 0 unspecified atom stereocenters. The first kappa shape index (κ1) is 15.2. The van der Waals surface area contributed by atoms with Gasteiger partial charge in [-0.3, -0.25) is 0 Å². The zero-order chi connectivity index (χ0) is 13.9. The highest BCUT2D eigenvalue weighted by atomic mass is 79.9. The van der Waals surface area contributed by atoms with Crippen LogP contribution in [0.15, 0.2) is 27.6 Å². The van der Waals surface area contributed by atoms with Crippen molar-refractivity contribution in [3.05, 3.63) is 28.2 Å². The standard InChI is InChI=1S/C12H15BrO4S/c1-3-9(4-2)18(16,17)11-7-8(13)5-6-10(11)12(14)15/h5-7,9H,3-4H2,1-2H3,(H,14,15). The zero-order valence-electron chi connectivity index (χ0n) is 10.2. The maximum Gasteiger partial charge on any atom is 0.337 e. The van der Waals surface area contributed by atoms with Gasteiger partial charge < -0.3 is 5.11 Å². The third-order valence-corrected chi connectivity index (χ3v) is 5.82. The van der Waals surface area contributed by atoms with Crippen molar-refractivity contribution in [1.82, 2.24) is 0 Å². The molecule has 0 fully saturated rings. The van der Waals surface area contributed by atoms with Crippen molar-refractivity contribution < 1.29 is 18.3 Å². The van der Waals surface area contributed by atoms with Gasteiger partial charge >= 0.3 is 5.97 Å². The minimum atomic E-state index is -3.61. The summed E-state index contributed by atoms with van der Waals surface area (Å²) in [6, 6.07) is 4.19. The molecular formula is C12H15BrO4S. The minimum absolute atomic E-state index is 0.113. The van der Waals surface area contributed by atoms with Crippen LogP contribution in [0.4, 0.5) is 0 Å². The predicted molar refractivity (Wildman–Crippen MR) is 72.7 cm³/mol. The summed E-state index contributed by atoms with van der Waals surface area (Å²) in [4.78, 5) is 11.0. The Morgan fingerprint density at radius 2 is 1.89 bits per heavy atom. The fourth-order valence-corrected chi connectivity index (χ4v) is 4.32. The minimum Gasteiger partial charge on any atom is -0.478 e. The van der Waals surface area contributed by atoms with Crippen LogP contribution in [0.5, 0.6) is 0 Å². The van der Waals surface area contributed by atoms with Crippen molar-refractivity contribution in [2.45, 2.75) is 36.8 Å². The molecule has 100 valence electrons. The Kier molecular flexibility index (Phi) is 4.92. The van der Waals surface area contributed by atoms with Gasteiger partial charge in [0.15, 0.2) is 9.84 Å². The summed E-state index contributed by atoms with van der Waals surface area (Å²) >= 11 is 3.17. The monoisotopic (exact) mass is 334 g/mol. The van der Waals surface area contributed by atoms with E-state index in [9.17, 15) is 13.2 Å². The highest BCUT2D eigenvalue weighted by Gasteiger charge is 2.29. The second kappa shape index (κ2) is 5.84. The van der Waals surface area contributed by atoms with Crippen molar-refractivity contribution in [3.63, 3.8) is 0 Å². The van der Waals surface area contributed by atoms with Gasteiger partial charge in [0.1, 0.15) is 0 Å². The first-order chi connectivity index (χ1) is 8.34. The van der Waals surface area contributed by atoms with Crippen LogP contribution in [-0.4, -0.2) is 24.7 Å². The summed E-state index contributed by atoms with van der Waals surface area (Å²) in [6.45, 7) is 3.56. The van der Waals surface area contributed by atoms with Gasteiger partial charge in [-0.15, -0.1) is 0 Å². The smallest absolute Gasteiger partial charge is 0.337 e. The van der Waals surface area contributed by atoms with Crippen molar-refractivity contribution in [2.24, 2.45) is 0 Å². The predicted octanol–water partition coefficient (Wildman–Crippen LogP) is 3.11. The maximum atomic E-state index is 12.4. The van der Waals surface area contributed by atoms with E-state index >= 15 is 0 Å². The number of rotatable bonds is 5. The van der Waals surface area contributed by atoms with Crippen molar-refractivity contribution in [2.75, 3.05) is 0 Å². The second-order valence-corrected chi connectivity index (χ2v) is 7.04. The zero-order valence-corrected chi connectivity index (χ0v) is 12.6. The van der Waals surface area contributed by atoms with Crippen LogP contribution in [0.1, 0.15) is 37.0 Å². The first-order valence-electron chi connectivity index (χ1n) is 5.61. The van der Waals surface area contributed by atoms with Crippen LogP contribution < -0.4 is 0 Å². The molecule has 0 aromatic heterocycles. The molecule has 1 N–H and O–H groups in total. The number of benzene rings is 1. The lowest BCUT2D eigenvalue weighted by atomic mass is 10.2. The maximum absolute atomic E-state index is 12.4. The van der Waals surface area contributed by atoms with Crippen LogP contribution >= 0.6 is 15.9 Å². The van der Waals surface area contributed by atoms with Gasteiger partial charge in [0, 0.05) is 4.47 Å². The van der Waals surface area contributed by atoms with E-state index in [0.29, 0.717) is 17.3 Å². The molecule has 0 saturated heterocycles. The van der Waals surface area contributed by atoms with Gasteiger partial charge in [-0.2, -0.15) is 0 Å². The average molecular weight is 335 g/mol. The summed E-state index contributed by atoms with van der Waals surface area (Å²) in [5, 5.41) is 8.52. The molecule has 4 nitrogen and oxygen atoms in total. The van der Waals surface area contributed by atoms with E-state index in [1.165, 1.54) is 18.2 Å². The molecular weight excluding hydrogens is 320 g/mol. The Hall–Kier alpha value is -0.880. The molecule has 18 heavy (non-hydrogen) atoms. The van der Waals surface area contributed by atoms with Crippen LogP contribution in [0.25, 0.3) is 0 Å². The lowest BCUT2D eigenvalue weighted by Crippen LogP contribution is -2.22. The van der Waals surface area contributed by atoms with E-state index in [0.717, 1.165) is 0 Å². The second-order valence-electron chi connectivity index (χ2n) is 3.93. The van der Waals surface area contributed by atoms with Gasteiger partial charge in [-0.25, -0.2) is 13.2 Å². The molecule has 0 amide bonds. The molecule has 0 aliphatic rings. The number of hydrogen-bond acceptors (Lipinski definition) is 3. The molecule has 0 atom stereocenters. The summed E-state index contributed by atoms with van der Waals surface area (Å²) in [5.41, 5.74) is -0.176. The Bertz CT molecular complexity index is 547. The Balaban J connectivity index is 3.48. The van der Waals surface area contributed by atoms with Gasteiger partial charge in [0.05, 0.1) is 15.7 Å². The summed E-state index contributed by atoms with van der Waals surface area (Å²) < 4.78 is 25.3. The fourth-order valence-electron chi connectivity index (χ4n) is 1.82. The third-order valence-electron chi connectivity index (χ3n) is 2.83. The van der Waals surface area contributed by atoms with Gasteiger partial charge in [-0.1, -0.05) is 29.8 Å². The number of carboxylic acid groups (broad SMARTS) is 1. The molecule has 0 saturated carbocycles. The summed E-state index contributed by atoms with van der Waals surface area (Å²) in [7, 11) is -3.61. The molecule has 1 aromatic carbocycles. The summed E-state index contributed by atoms with van der Waals surface area (Å²) in [6.07, 6.45) is 0.925. The average Bonchev–Trinajstić information content (AvgIpc) is 2.29. The van der Waals surface area contributed by atoms with Crippen LogP contribution in [0.3, 0.4) is 0 Å². The van der Waals surface area contributed by atoms with Crippen LogP contribution in [0, 0.1) is 0 Å². The first-order valence-corrected chi connectivity index (χ1v) is 7.95. The van der Waals surface area contributed by atoms with Gasteiger partial charge in [0.25, 0.3) is 0 Å². The highest BCUT2D eigenvalue weighted by molar-refractivity contribution is 9.10. The van der Waals surface area contributed by atoms with E-state index < -0.39 is 21.1 Å². The van der Waals surface area contributed by atoms with Crippen LogP contribution in [0.2, 0.25) is 0 Å². The number of halogens is 1. The Morgan fingerprint density at radius 1 is 1.33 bits per heavy atom. The number of carboxylic acids is 1.